The number of hydrogen-bond acceptors (Lipinski definition) is 4. The van der Waals surface area contributed by atoms with Crippen LogP contribution in [0.15, 0.2) is 65.7 Å². The summed E-state index contributed by atoms with van der Waals surface area (Å²) in [5.41, 5.74) is 0.490. The summed E-state index contributed by atoms with van der Waals surface area (Å²) in [7, 11) is 0. The summed E-state index contributed by atoms with van der Waals surface area (Å²) in [6, 6.07) is 13.1. The van der Waals surface area contributed by atoms with Gasteiger partial charge in [0, 0.05) is 18.1 Å². The van der Waals surface area contributed by atoms with Gasteiger partial charge in [-0.15, -0.1) is 0 Å². The fourth-order valence-corrected chi connectivity index (χ4v) is 3.93. The van der Waals surface area contributed by atoms with Crippen LogP contribution in [0.4, 0.5) is 14.5 Å². The normalized spacial score (nSPS) is 11.6. The number of phenolic OH excluding ortho intramolecular Hbond substituents is 1. The quantitative estimate of drug-likeness (QED) is 0.359. The zero-order valence-electron chi connectivity index (χ0n) is 17.7. The number of anilines is 1. The zero-order valence-corrected chi connectivity index (χ0v) is 19.2. The number of rotatable bonds is 5. The van der Waals surface area contributed by atoms with Crippen LogP contribution < -0.4 is 10.9 Å². The summed E-state index contributed by atoms with van der Waals surface area (Å²) in [6.07, 6.45) is 1.33. The minimum absolute atomic E-state index is 0.0111. The van der Waals surface area contributed by atoms with Crippen LogP contribution in [-0.2, 0) is 12.5 Å². The topological polar surface area (TPSA) is 84.2 Å². The third-order valence-corrected chi connectivity index (χ3v) is 5.74. The fourth-order valence-electron chi connectivity index (χ4n) is 3.45. The number of halogens is 4. The van der Waals surface area contributed by atoms with Gasteiger partial charge in [-0.05, 0) is 35.9 Å². The van der Waals surface area contributed by atoms with E-state index in [0.717, 1.165) is 6.92 Å². The molecule has 10 heteroatoms. The van der Waals surface area contributed by atoms with E-state index < -0.39 is 17.4 Å². The molecule has 4 rings (SSSR count). The van der Waals surface area contributed by atoms with Crippen LogP contribution in [0, 0.1) is 0 Å². The summed E-state index contributed by atoms with van der Waals surface area (Å²) in [5.74, 6) is -3.97. The standard InChI is InChI=1S/C24H17Cl2F2N3O3/c1-24(27,28)15-5-2-4-13(8-15)11-31-12-29-18-6-3-7-19(20(18)23(31)34)30-22(33)14-9-16(25)21(32)17(26)10-14/h2-10,12,32H,11H2,1H3,(H,30,33). The van der Waals surface area contributed by atoms with Crippen molar-refractivity contribution in [3.05, 3.63) is 98.0 Å². The highest BCUT2D eigenvalue weighted by Gasteiger charge is 2.24. The predicted molar refractivity (Wildman–Crippen MR) is 127 cm³/mol. The number of alkyl halides is 2. The Morgan fingerprint density at radius 2 is 1.79 bits per heavy atom. The van der Waals surface area contributed by atoms with Crippen molar-refractivity contribution in [3.63, 3.8) is 0 Å². The van der Waals surface area contributed by atoms with E-state index in [0.29, 0.717) is 11.1 Å². The number of carbonyl (C=O) groups is 1. The molecule has 0 spiro atoms. The van der Waals surface area contributed by atoms with Crippen LogP contribution in [0.2, 0.25) is 10.0 Å². The average molecular weight is 504 g/mol. The lowest BCUT2D eigenvalue weighted by atomic mass is 10.1. The fraction of sp³-hybridized carbons (Fsp3) is 0.125. The molecule has 0 aliphatic heterocycles. The Bertz CT molecular complexity index is 1460. The second-order valence-electron chi connectivity index (χ2n) is 7.71. The number of aromatic hydroxyl groups is 1. The molecule has 0 aliphatic carbocycles. The summed E-state index contributed by atoms with van der Waals surface area (Å²) in [5, 5.41) is 12.3. The number of hydrogen-bond donors (Lipinski definition) is 2. The average Bonchev–Trinajstić information content (AvgIpc) is 2.78. The smallest absolute Gasteiger partial charge is 0.270 e. The maximum absolute atomic E-state index is 13.7. The van der Waals surface area contributed by atoms with Crippen LogP contribution in [0.5, 0.6) is 5.75 Å². The molecule has 1 heterocycles. The van der Waals surface area contributed by atoms with E-state index in [-0.39, 0.29) is 44.5 Å². The molecule has 0 unspecified atom stereocenters. The first-order chi connectivity index (χ1) is 16.0. The molecular formula is C24H17Cl2F2N3O3. The van der Waals surface area contributed by atoms with Crippen molar-refractivity contribution in [2.24, 2.45) is 0 Å². The molecule has 34 heavy (non-hydrogen) atoms. The van der Waals surface area contributed by atoms with Gasteiger partial charge in [0.1, 0.15) is 0 Å². The van der Waals surface area contributed by atoms with Crippen molar-refractivity contribution >= 4 is 45.7 Å². The Morgan fingerprint density at radius 1 is 1.12 bits per heavy atom. The molecule has 0 saturated carbocycles. The van der Waals surface area contributed by atoms with Gasteiger partial charge in [0.2, 0.25) is 0 Å². The van der Waals surface area contributed by atoms with Crippen molar-refractivity contribution in [1.82, 2.24) is 9.55 Å². The van der Waals surface area contributed by atoms with E-state index in [1.807, 2.05) is 0 Å². The molecule has 0 atom stereocenters. The molecule has 1 aromatic heterocycles. The molecule has 0 bridgehead atoms. The molecule has 3 aromatic carbocycles. The molecule has 2 N–H and O–H groups in total. The molecule has 1 amide bonds. The zero-order chi connectivity index (χ0) is 24.6. The third kappa shape index (κ3) is 4.73. The Morgan fingerprint density at radius 3 is 2.47 bits per heavy atom. The van der Waals surface area contributed by atoms with Gasteiger partial charge in [0.05, 0.1) is 39.5 Å². The van der Waals surface area contributed by atoms with Crippen LogP contribution in [0.25, 0.3) is 10.9 Å². The van der Waals surface area contributed by atoms with Gasteiger partial charge in [-0.3, -0.25) is 14.2 Å². The van der Waals surface area contributed by atoms with Gasteiger partial charge in [-0.2, -0.15) is 0 Å². The summed E-state index contributed by atoms with van der Waals surface area (Å²) < 4.78 is 28.7. The Balaban J connectivity index is 1.71. The molecule has 0 aliphatic rings. The van der Waals surface area contributed by atoms with Crippen molar-refractivity contribution < 1.29 is 18.7 Å². The Labute approximate surface area is 202 Å². The van der Waals surface area contributed by atoms with Crippen LogP contribution in [0.1, 0.15) is 28.4 Å². The van der Waals surface area contributed by atoms with Crippen LogP contribution >= 0.6 is 23.2 Å². The number of fused-ring (bicyclic) bond motifs is 1. The highest BCUT2D eigenvalue weighted by Crippen LogP contribution is 2.33. The molecule has 6 nitrogen and oxygen atoms in total. The van der Waals surface area contributed by atoms with Gasteiger partial charge >= 0.3 is 0 Å². The van der Waals surface area contributed by atoms with E-state index in [2.05, 4.69) is 10.3 Å². The van der Waals surface area contributed by atoms with Crippen molar-refractivity contribution in [3.8, 4) is 5.75 Å². The first-order valence-electron chi connectivity index (χ1n) is 9.99. The molecule has 4 aromatic rings. The second kappa shape index (κ2) is 9.04. The number of nitrogens with zero attached hydrogens (tertiary/aromatic N) is 2. The number of amides is 1. The van der Waals surface area contributed by atoms with E-state index in [9.17, 15) is 23.5 Å². The highest BCUT2D eigenvalue weighted by atomic mass is 35.5. The lowest BCUT2D eigenvalue weighted by Gasteiger charge is -2.14. The van der Waals surface area contributed by atoms with Gasteiger partial charge in [0.15, 0.2) is 5.75 Å². The molecule has 174 valence electrons. The van der Waals surface area contributed by atoms with E-state index in [4.69, 9.17) is 23.2 Å². The summed E-state index contributed by atoms with van der Waals surface area (Å²) in [4.78, 5) is 30.3. The van der Waals surface area contributed by atoms with Crippen molar-refractivity contribution in [1.29, 1.82) is 0 Å². The number of benzene rings is 3. The Kier molecular flexibility index (Phi) is 6.29. The molecular weight excluding hydrogens is 487 g/mol. The van der Waals surface area contributed by atoms with E-state index in [1.54, 1.807) is 18.2 Å². The third-order valence-electron chi connectivity index (χ3n) is 5.17. The number of aromatic nitrogens is 2. The largest absolute Gasteiger partial charge is 0.505 e. The number of carbonyl (C=O) groups excluding carboxylic acids is 1. The van der Waals surface area contributed by atoms with Crippen LogP contribution in [-0.4, -0.2) is 20.6 Å². The first kappa shape index (κ1) is 23.7. The summed E-state index contributed by atoms with van der Waals surface area (Å²) >= 11 is 11.8. The lowest BCUT2D eigenvalue weighted by molar-refractivity contribution is 0.0174. The van der Waals surface area contributed by atoms with Crippen molar-refractivity contribution in [2.45, 2.75) is 19.4 Å². The lowest BCUT2D eigenvalue weighted by Crippen LogP contribution is -2.23. The van der Waals surface area contributed by atoms with E-state index in [1.165, 1.54) is 47.3 Å². The molecule has 0 radical (unpaired) electrons. The minimum atomic E-state index is -3.01. The maximum atomic E-state index is 13.7. The predicted octanol–water partition coefficient (Wildman–Crippen LogP) is 5.82. The molecule has 0 saturated heterocycles. The number of phenols is 1. The number of nitrogens with one attached hydrogen (secondary N) is 1. The maximum Gasteiger partial charge on any atom is 0.270 e. The second-order valence-corrected chi connectivity index (χ2v) is 8.52. The van der Waals surface area contributed by atoms with Gasteiger partial charge < -0.3 is 10.4 Å². The Hall–Kier alpha value is -3.49. The van der Waals surface area contributed by atoms with Gasteiger partial charge in [0.25, 0.3) is 17.4 Å². The van der Waals surface area contributed by atoms with Gasteiger partial charge in [-0.1, -0.05) is 47.5 Å². The van der Waals surface area contributed by atoms with Crippen LogP contribution in [0.3, 0.4) is 0 Å². The van der Waals surface area contributed by atoms with Crippen molar-refractivity contribution in [2.75, 3.05) is 5.32 Å². The highest BCUT2D eigenvalue weighted by molar-refractivity contribution is 6.37. The minimum Gasteiger partial charge on any atom is -0.505 e. The molecule has 0 fully saturated rings. The monoisotopic (exact) mass is 503 g/mol. The first-order valence-corrected chi connectivity index (χ1v) is 10.7. The van der Waals surface area contributed by atoms with E-state index >= 15 is 0 Å². The SMILES string of the molecule is CC(F)(F)c1cccc(Cn2cnc3cccc(NC(=O)c4cc(Cl)c(O)c(Cl)c4)c3c2=O)c1. The summed E-state index contributed by atoms with van der Waals surface area (Å²) in [6.45, 7) is 0.816. The van der Waals surface area contributed by atoms with Gasteiger partial charge in [-0.25, -0.2) is 13.8 Å².